The summed E-state index contributed by atoms with van der Waals surface area (Å²) in [7, 11) is 4.24. The molecule has 2 heterocycles. The van der Waals surface area contributed by atoms with Crippen molar-refractivity contribution in [3.05, 3.63) is 71.9 Å². The first kappa shape index (κ1) is 23.7. The van der Waals surface area contributed by atoms with Crippen molar-refractivity contribution in [3.63, 3.8) is 0 Å². The highest BCUT2D eigenvalue weighted by molar-refractivity contribution is 5.97. The Morgan fingerprint density at radius 2 is 1.94 bits per heavy atom. The van der Waals surface area contributed by atoms with Crippen molar-refractivity contribution in [2.24, 2.45) is 0 Å². The van der Waals surface area contributed by atoms with Crippen LogP contribution in [0, 0.1) is 12.7 Å². The Morgan fingerprint density at radius 1 is 1.14 bits per heavy atom. The first-order chi connectivity index (χ1) is 16.8. The molecule has 10 heteroatoms. The third-order valence-corrected chi connectivity index (χ3v) is 5.54. The van der Waals surface area contributed by atoms with E-state index >= 15 is 0 Å². The summed E-state index contributed by atoms with van der Waals surface area (Å²) < 4.78 is 25.7. The molecule has 9 nitrogen and oxygen atoms in total. The van der Waals surface area contributed by atoms with Gasteiger partial charge in [0.1, 0.15) is 6.54 Å². The van der Waals surface area contributed by atoms with E-state index in [1.807, 2.05) is 17.4 Å². The molecule has 35 heavy (non-hydrogen) atoms. The standard InChI is InChI=1S/C25H24FN5O4/c1-15-11-17(6-7-18(15)25(33)30(2)14-22(32)35-4)29-23-24-28-13-20(31(24)10-9-27-23)16-5-8-21(34-3)19(26)12-16/h5-13H,14H2,1-4H3,(H,27,29). The van der Waals surface area contributed by atoms with E-state index in [4.69, 9.17) is 4.74 Å². The average molecular weight is 477 g/mol. The Labute approximate surface area is 201 Å². The maximum atomic E-state index is 14.2. The number of nitrogens with zero attached hydrogens (tertiary/aromatic N) is 4. The molecule has 2 aromatic carbocycles. The van der Waals surface area contributed by atoms with E-state index in [2.05, 4.69) is 20.0 Å². The van der Waals surface area contributed by atoms with Crippen LogP contribution in [0.2, 0.25) is 0 Å². The van der Waals surface area contributed by atoms with Gasteiger partial charge in [0.2, 0.25) is 0 Å². The molecular formula is C25H24FN5O4. The lowest BCUT2D eigenvalue weighted by Gasteiger charge is -2.17. The van der Waals surface area contributed by atoms with Crippen molar-refractivity contribution in [3.8, 4) is 17.0 Å². The third kappa shape index (κ3) is 4.77. The van der Waals surface area contributed by atoms with Crippen LogP contribution in [0.25, 0.3) is 16.9 Å². The van der Waals surface area contributed by atoms with Crippen molar-refractivity contribution in [1.82, 2.24) is 19.3 Å². The van der Waals surface area contributed by atoms with Gasteiger partial charge in [0.25, 0.3) is 5.91 Å². The highest BCUT2D eigenvalue weighted by Gasteiger charge is 2.18. The Morgan fingerprint density at radius 3 is 2.63 bits per heavy atom. The minimum absolute atomic E-state index is 0.138. The van der Waals surface area contributed by atoms with Gasteiger partial charge in [-0.25, -0.2) is 14.4 Å². The molecule has 0 unspecified atom stereocenters. The van der Waals surface area contributed by atoms with Crippen molar-refractivity contribution < 1.29 is 23.5 Å². The molecular weight excluding hydrogens is 453 g/mol. The lowest BCUT2D eigenvalue weighted by Crippen LogP contribution is -2.33. The van der Waals surface area contributed by atoms with E-state index in [1.165, 1.54) is 25.2 Å². The van der Waals surface area contributed by atoms with Crippen molar-refractivity contribution in [2.45, 2.75) is 6.92 Å². The highest BCUT2D eigenvalue weighted by atomic mass is 19.1. The number of rotatable bonds is 7. The maximum Gasteiger partial charge on any atom is 0.325 e. The van der Waals surface area contributed by atoms with E-state index in [-0.39, 0.29) is 18.2 Å². The number of imidazole rings is 1. The Kier molecular flexibility index (Phi) is 6.63. The van der Waals surface area contributed by atoms with Crippen LogP contribution in [0.1, 0.15) is 15.9 Å². The summed E-state index contributed by atoms with van der Waals surface area (Å²) in [6, 6.07) is 9.97. The number of likely N-dealkylation sites (N-methyl/N-ethyl adjacent to an activating group) is 1. The molecule has 4 aromatic rings. The van der Waals surface area contributed by atoms with Crippen LogP contribution in [-0.4, -0.2) is 59.0 Å². The number of carbonyl (C=O) groups is 2. The smallest absolute Gasteiger partial charge is 0.325 e. The SMILES string of the molecule is COC(=O)CN(C)C(=O)c1ccc(Nc2nccn3c(-c4ccc(OC)c(F)c4)cnc23)cc1C. The predicted octanol–water partition coefficient (Wildman–Crippen LogP) is 3.84. The number of carbonyl (C=O) groups excluding carboxylic acids is 2. The molecule has 0 aliphatic rings. The minimum Gasteiger partial charge on any atom is -0.494 e. The van der Waals surface area contributed by atoms with Crippen molar-refractivity contribution >= 4 is 29.0 Å². The number of anilines is 2. The van der Waals surface area contributed by atoms with Crippen LogP contribution in [0.3, 0.4) is 0 Å². The third-order valence-electron chi connectivity index (χ3n) is 5.54. The summed E-state index contributed by atoms with van der Waals surface area (Å²) in [6.45, 7) is 1.67. The summed E-state index contributed by atoms with van der Waals surface area (Å²) in [5, 5.41) is 3.23. The van der Waals surface area contributed by atoms with Gasteiger partial charge < -0.3 is 19.7 Å². The predicted molar refractivity (Wildman–Crippen MR) is 128 cm³/mol. The van der Waals surface area contributed by atoms with Crippen LogP contribution in [0.4, 0.5) is 15.9 Å². The van der Waals surface area contributed by atoms with Crippen molar-refractivity contribution in [1.29, 1.82) is 0 Å². The molecule has 0 radical (unpaired) electrons. The van der Waals surface area contributed by atoms with Gasteiger partial charge in [0, 0.05) is 36.3 Å². The fourth-order valence-electron chi connectivity index (χ4n) is 3.70. The molecule has 1 amide bonds. The van der Waals surface area contributed by atoms with Gasteiger partial charge in [-0.2, -0.15) is 0 Å². The number of aryl methyl sites for hydroxylation is 1. The number of fused-ring (bicyclic) bond motifs is 1. The molecule has 0 aliphatic carbocycles. The fraction of sp³-hybridized carbons (Fsp3) is 0.200. The van der Waals surface area contributed by atoms with Crippen LogP contribution in [0.15, 0.2) is 55.0 Å². The number of hydrogen-bond acceptors (Lipinski definition) is 7. The van der Waals surface area contributed by atoms with Crippen LogP contribution in [-0.2, 0) is 9.53 Å². The van der Waals surface area contributed by atoms with Gasteiger partial charge in [-0.15, -0.1) is 0 Å². The lowest BCUT2D eigenvalue weighted by atomic mass is 10.1. The largest absolute Gasteiger partial charge is 0.494 e. The van der Waals surface area contributed by atoms with Gasteiger partial charge in [-0.3, -0.25) is 14.0 Å². The quantitative estimate of drug-likeness (QED) is 0.404. The van der Waals surface area contributed by atoms with E-state index < -0.39 is 11.8 Å². The molecule has 0 saturated heterocycles. The molecule has 4 rings (SSSR count). The van der Waals surface area contributed by atoms with Crippen LogP contribution < -0.4 is 10.1 Å². The summed E-state index contributed by atoms with van der Waals surface area (Å²) in [4.78, 5) is 34.4. The van der Waals surface area contributed by atoms with Crippen LogP contribution >= 0.6 is 0 Å². The zero-order valence-corrected chi connectivity index (χ0v) is 19.7. The first-order valence-electron chi connectivity index (χ1n) is 10.7. The van der Waals surface area contributed by atoms with Crippen LogP contribution in [0.5, 0.6) is 5.75 Å². The van der Waals surface area contributed by atoms with Gasteiger partial charge >= 0.3 is 5.97 Å². The number of methoxy groups -OCH3 is 2. The van der Waals surface area contributed by atoms with Gasteiger partial charge in [-0.05, 0) is 48.9 Å². The van der Waals surface area contributed by atoms with E-state index in [9.17, 15) is 14.0 Å². The number of benzene rings is 2. The minimum atomic E-state index is -0.493. The number of aromatic nitrogens is 3. The molecule has 0 atom stereocenters. The number of esters is 1. The second-order valence-electron chi connectivity index (χ2n) is 7.85. The second kappa shape index (κ2) is 9.80. The van der Waals surface area contributed by atoms with Gasteiger partial charge in [0.15, 0.2) is 23.0 Å². The number of ether oxygens (including phenoxy) is 2. The summed E-state index contributed by atoms with van der Waals surface area (Å²) in [5.41, 5.74) is 3.78. The number of nitrogens with one attached hydrogen (secondary N) is 1. The summed E-state index contributed by atoms with van der Waals surface area (Å²) in [6.07, 6.45) is 5.01. The van der Waals surface area contributed by atoms with Gasteiger partial charge in [-0.1, -0.05) is 0 Å². The van der Waals surface area contributed by atoms with E-state index in [0.717, 1.165) is 5.56 Å². The monoisotopic (exact) mass is 477 g/mol. The molecule has 180 valence electrons. The lowest BCUT2D eigenvalue weighted by molar-refractivity contribution is -0.141. The first-order valence-corrected chi connectivity index (χ1v) is 10.7. The number of halogens is 1. The summed E-state index contributed by atoms with van der Waals surface area (Å²) >= 11 is 0. The average Bonchev–Trinajstić information content (AvgIpc) is 3.29. The van der Waals surface area contributed by atoms with E-state index in [0.29, 0.717) is 34.0 Å². The second-order valence-corrected chi connectivity index (χ2v) is 7.85. The molecule has 0 aliphatic heterocycles. The number of amides is 1. The zero-order chi connectivity index (χ0) is 25.1. The zero-order valence-electron chi connectivity index (χ0n) is 19.7. The molecule has 1 N–H and O–H groups in total. The molecule has 0 saturated carbocycles. The molecule has 2 aromatic heterocycles. The molecule has 0 spiro atoms. The topological polar surface area (TPSA) is 98.1 Å². The Hall–Kier alpha value is -4.47. The number of hydrogen-bond donors (Lipinski definition) is 1. The fourth-order valence-corrected chi connectivity index (χ4v) is 3.70. The van der Waals surface area contributed by atoms with E-state index in [1.54, 1.807) is 49.9 Å². The Balaban J connectivity index is 1.60. The highest BCUT2D eigenvalue weighted by Crippen LogP contribution is 2.28. The normalized spacial score (nSPS) is 10.8. The summed E-state index contributed by atoms with van der Waals surface area (Å²) in [5.74, 6) is -0.583. The Bertz CT molecular complexity index is 1420. The van der Waals surface area contributed by atoms with Gasteiger partial charge in [0.05, 0.1) is 26.1 Å². The molecule has 0 fully saturated rings. The maximum absolute atomic E-state index is 14.2. The molecule has 0 bridgehead atoms. The van der Waals surface area contributed by atoms with Crippen molar-refractivity contribution in [2.75, 3.05) is 33.1 Å².